The summed E-state index contributed by atoms with van der Waals surface area (Å²) in [5, 5.41) is 18.1. The first-order valence-corrected chi connectivity index (χ1v) is 13.3. The van der Waals surface area contributed by atoms with Crippen LogP contribution in [0.1, 0.15) is 50.3 Å². The maximum atomic E-state index is 12.8. The number of anilines is 1. The van der Waals surface area contributed by atoms with Crippen molar-refractivity contribution in [1.29, 1.82) is 5.26 Å². The molecule has 8 nitrogen and oxygen atoms in total. The Bertz CT molecular complexity index is 1670. The van der Waals surface area contributed by atoms with Gasteiger partial charge in [-0.1, -0.05) is 48.0 Å². The molecule has 0 fully saturated rings. The van der Waals surface area contributed by atoms with Crippen LogP contribution in [0.3, 0.4) is 0 Å². The van der Waals surface area contributed by atoms with Gasteiger partial charge in [0.25, 0.3) is 0 Å². The van der Waals surface area contributed by atoms with Crippen molar-refractivity contribution >= 4 is 51.1 Å². The molecule has 1 aliphatic carbocycles. The maximum Gasteiger partial charge on any atom is 0.343 e. The van der Waals surface area contributed by atoms with Gasteiger partial charge in [0.15, 0.2) is 0 Å². The van der Waals surface area contributed by atoms with E-state index < -0.39 is 17.8 Å². The topological polar surface area (TPSA) is 121 Å². The maximum absolute atomic E-state index is 12.8. The molecular weight excluding hydrogens is 512 g/mol. The fourth-order valence-electron chi connectivity index (χ4n) is 4.48. The van der Waals surface area contributed by atoms with Crippen molar-refractivity contribution in [3.05, 3.63) is 93.4 Å². The molecule has 39 heavy (non-hydrogen) atoms. The highest BCUT2D eigenvalue weighted by Gasteiger charge is 2.23. The van der Waals surface area contributed by atoms with Crippen LogP contribution in [-0.4, -0.2) is 24.0 Å². The number of thiophene rings is 1. The van der Waals surface area contributed by atoms with Gasteiger partial charge in [0.05, 0.1) is 17.3 Å². The summed E-state index contributed by atoms with van der Waals surface area (Å²) >= 11 is 1.34. The van der Waals surface area contributed by atoms with Crippen LogP contribution in [0.2, 0.25) is 0 Å². The first kappa shape index (κ1) is 25.8. The second-order valence-electron chi connectivity index (χ2n) is 9.13. The number of hydrogen-bond donors (Lipinski definition) is 2. The molecule has 194 valence electrons. The fraction of sp³-hybridized carbons (Fsp3) is 0.167. The minimum Gasteiger partial charge on any atom is -0.422 e. The lowest BCUT2D eigenvalue weighted by atomic mass is 9.96. The first-order chi connectivity index (χ1) is 18.9. The molecular formula is C30H24N4O4S. The number of hydrazone groups is 1. The second kappa shape index (κ2) is 11.3. The quantitative estimate of drug-likeness (QED) is 0.118. The Labute approximate surface area is 228 Å². The predicted molar refractivity (Wildman–Crippen MR) is 150 cm³/mol. The average Bonchev–Trinajstić information content (AvgIpc) is 3.30. The molecule has 1 aliphatic rings. The number of nitrogens with zero attached hydrogens (tertiary/aromatic N) is 2. The third-order valence-electron chi connectivity index (χ3n) is 6.50. The zero-order valence-corrected chi connectivity index (χ0v) is 21.9. The molecule has 0 atom stereocenters. The standard InChI is InChI=1S/C30H24N4O4S/c1-18-10-12-20(13-11-18)30(37)38-25-15-14-19-6-2-3-7-21(19)24(25)17-32-34-28(36)27(35)33-29-23(16-31)22-8-4-5-9-26(22)39-29/h2-3,6-7,10-15,17H,4-5,8-9H2,1H3,(H,33,35)(H,34,36). The highest BCUT2D eigenvalue weighted by Crippen LogP contribution is 2.37. The van der Waals surface area contributed by atoms with Crippen molar-refractivity contribution < 1.29 is 19.1 Å². The van der Waals surface area contributed by atoms with Crippen molar-refractivity contribution in [3.63, 3.8) is 0 Å². The molecule has 2 N–H and O–H groups in total. The van der Waals surface area contributed by atoms with Gasteiger partial charge in [0, 0.05) is 10.4 Å². The highest BCUT2D eigenvalue weighted by molar-refractivity contribution is 7.16. The van der Waals surface area contributed by atoms with Crippen molar-refractivity contribution in [2.75, 3.05) is 5.32 Å². The van der Waals surface area contributed by atoms with Crippen LogP contribution in [-0.2, 0) is 22.4 Å². The summed E-state index contributed by atoms with van der Waals surface area (Å²) in [5.41, 5.74) is 5.51. The molecule has 4 aromatic rings. The Balaban J connectivity index is 1.34. The number of fused-ring (bicyclic) bond motifs is 2. The number of benzene rings is 3. The number of esters is 1. The van der Waals surface area contributed by atoms with E-state index in [9.17, 15) is 19.6 Å². The van der Waals surface area contributed by atoms with E-state index in [0.29, 0.717) is 21.7 Å². The van der Waals surface area contributed by atoms with Crippen LogP contribution in [0.4, 0.5) is 5.00 Å². The van der Waals surface area contributed by atoms with Gasteiger partial charge in [-0.25, -0.2) is 10.2 Å². The number of aryl methyl sites for hydroxylation is 2. The van der Waals surface area contributed by atoms with Crippen LogP contribution in [0.5, 0.6) is 5.75 Å². The predicted octanol–water partition coefficient (Wildman–Crippen LogP) is 5.27. The molecule has 1 heterocycles. The number of rotatable bonds is 5. The molecule has 9 heteroatoms. The Hall–Kier alpha value is -4.81. The van der Waals surface area contributed by atoms with Gasteiger partial charge in [-0.3, -0.25) is 9.59 Å². The Morgan fingerprint density at radius 1 is 1.00 bits per heavy atom. The molecule has 0 bridgehead atoms. The zero-order valence-electron chi connectivity index (χ0n) is 21.1. The van der Waals surface area contributed by atoms with E-state index in [0.717, 1.165) is 52.5 Å². The van der Waals surface area contributed by atoms with Gasteiger partial charge in [0.1, 0.15) is 16.8 Å². The van der Waals surface area contributed by atoms with Gasteiger partial charge < -0.3 is 10.1 Å². The normalized spacial score (nSPS) is 12.5. The largest absolute Gasteiger partial charge is 0.422 e. The van der Waals surface area contributed by atoms with E-state index in [2.05, 4.69) is 21.9 Å². The van der Waals surface area contributed by atoms with E-state index in [1.54, 1.807) is 18.2 Å². The van der Waals surface area contributed by atoms with E-state index in [-0.39, 0.29) is 5.75 Å². The minimum absolute atomic E-state index is 0.254. The summed E-state index contributed by atoms with van der Waals surface area (Å²) in [4.78, 5) is 38.9. The van der Waals surface area contributed by atoms with Gasteiger partial charge in [0.2, 0.25) is 0 Å². The summed E-state index contributed by atoms with van der Waals surface area (Å²) < 4.78 is 5.68. The summed E-state index contributed by atoms with van der Waals surface area (Å²) in [6.45, 7) is 1.93. The first-order valence-electron chi connectivity index (χ1n) is 12.4. The second-order valence-corrected chi connectivity index (χ2v) is 10.2. The molecule has 3 aromatic carbocycles. The molecule has 0 radical (unpaired) electrons. The lowest BCUT2D eigenvalue weighted by molar-refractivity contribution is -0.136. The smallest absolute Gasteiger partial charge is 0.343 e. The summed E-state index contributed by atoms with van der Waals surface area (Å²) in [6.07, 6.45) is 5.04. The number of nitrogens with one attached hydrogen (secondary N) is 2. The monoisotopic (exact) mass is 536 g/mol. The Morgan fingerprint density at radius 3 is 2.56 bits per heavy atom. The number of hydrogen-bond acceptors (Lipinski definition) is 7. The van der Waals surface area contributed by atoms with Crippen LogP contribution in [0, 0.1) is 18.3 Å². The minimum atomic E-state index is -0.986. The van der Waals surface area contributed by atoms with Crippen molar-refractivity contribution in [2.45, 2.75) is 32.6 Å². The molecule has 0 spiro atoms. The molecule has 0 aliphatic heterocycles. The van der Waals surface area contributed by atoms with Crippen LogP contribution < -0.4 is 15.5 Å². The van der Waals surface area contributed by atoms with Gasteiger partial charge >= 0.3 is 17.8 Å². The average molecular weight is 537 g/mol. The molecule has 2 amide bonds. The summed E-state index contributed by atoms with van der Waals surface area (Å²) in [5.74, 6) is -2.19. The lowest BCUT2D eigenvalue weighted by Crippen LogP contribution is -2.32. The van der Waals surface area contributed by atoms with E-state index in [1.807, 2.05) is 49.4 Å². The highest BCUT2D eigenvalue weighted by atomic mass is 32.1. The number of ether oxygens (including phenoxy) is 1. The summed E-state index contributed by atoms with van der Waals surface area (Å²) in [6, 6.07) is 20.1. The van der Waals surface area contributed by atoms with Crippen molar-refractivity contribution in [3.8, 4) is 11.8 Å². The number of nitriles is 1. The van der Waals surface area contributed by atoms with Crippen molar-refractivity contribution in [2.24, 2.45) is 5.10 Å². The molecule has 0 saturated carbocycles. The number of carbonyl (C=O) groups excluding carboxylic acids is 3. The molecule has 5 rings (SSSR count). The van der Waals surface area contributed by atoms with Gasteiger partial charge in [-0.05, 0) is 67.1 Å². The molecule has 0 saturated heterocycles. The number of carbonyl (C=O) groups is 3. The van der Waals surface area contributed by atoms with Crippen LogP contribution in [0.25, 0.3) is 10.8 Å². The number of amides is 2. The SMILES string of the molecule is Cc1ccc(C(=O)Oc2ccc3ccccc3c2C=NNC(=O)C(=O)Nc2sc3c(c2C#N)CCCC3)cc1. The Morgan fingerprint density at radius 2 is 1.77 bits per heavy atom. The molecule has 0 unspecified atom stereocenters. The van der Waals surface area contributed by atoms with E-state index >= 15 is 0 Å². The van der Waals surface area contributed by atoms with Gasteiger partial charge in [-0.15, -0.1) is 11.3 Å². The third kappa shape index (κ3) is 5.56. The molecule has 1 aromatic heterocycles. The van der Waals surface area contributed by atoms with Crippen molar-refractivity contribution in [1.82, 2.24) is 5.43 Å². The third-order valence-corrected chi connectivity index (χ3v) is 7.70. The fourth-order valence-corrected chi connectivity index (χ4v) is 5.72. The van der Waals surface area contributed by atoms with E-state index in [4.69, 9.17) is 4.74 Å². The van der Waals surface area contributed by atoms with E-state index in [1.165, 1.54) is 17.6 Å². The zero-order chi connectivity index (χ0) is 27.4. The lowest BCUT2D eigenvalue weighted by Gasteiger charge is -2.11. The summed E-state index contributed by atoms with van der Waals surface area (Å²) in [7, 11) is 0. The van der Waals surface area contributed by atoms with Crippen LogP contribution in [0.15, 0.2) is 65.8 Å². The van der Waals surface area contributed by atoms with Crippen LogP contribution >= 0.6 is 11.3 Å². The van der Waals surface area contributed by atoms with Gasteiger partial charge in [-0.2, -0.15) is 10.4 Å². The Kier molecular flexibility index (Phi) is 7.48.